The first-order valence-electron chi connectivity index (χ1n) is 11.6. The number of fused-ring (bicyclic) bond motifs is 6. The second-order valence-electron chi connectivity index (χ2n) is 8.51. The summed E-state index contributed by atoms with van der Waals surface area (Å²) in [4.78, 5) is 0. The maximum absolute atomic E-state index is 9.16. The summed E-state index contributed by atoms with van der Waals surface area (Å²) in [5.41, 5.74) is 9.38. The fraction of sp³-hybridized carbons (Fsp3) is 0. The second-order valence-corrected chi connectivity index (χ2v) is 8.51. The third-order valence-corrected chi connectivity index (χ3v) is 6.38. The molecular weight excluding hydrogens is 426 g/mol. The molecule has 5 aromatic rings. The predicted octanol–water partition coefficient (Wildman–Crippen LogP) is 8.84. The zero-order chi connectivity index (χ0) is 23.6. The Morgan fingerprint density at radius 1 is 0.486 bits per heavy atom. The number of hydrogen-bond donors (Lipinski definition) is 0. The summed E-state index contributed by atoms with van der Waals surface area (Å²) in [6, 6.07) is 41.2. The van der Waals surface area contributed by atoms with E-state index in [4.69, 9.17) is 10.00 Å². The molecule has 0 saturated carbocycles. The lowest BCUT2D eigenvalue weighted by Gasteiger charge is -2.16. The van der Waals surface area contributed by atoms with Crippen molar-refractivity contribution in [3.8, 4) is 50.9 Å². The van der Waals surface area contributed by atoms with E-state index in [1.54, 1.807) is 0 Å². The van der Waals surface area contributed by atoms with Gasteiger partial charge in [0.2, 0.25) is 0 Å². The van der Waals surface area contributed by atoms with Gasteiger partial charge in [-0.05, 0) is 63.7 Å². The van der Waals surface area contributed by atoms with Crippen molar-refractivity contribution < 1.29 is 4.74 Å². The number of para-hydroxylation sites is 2. The van der Waals surface area contributed by atoms with Crippen molar-refractivity contribution in [1.29, 1.82) is 5.26 Å². The number of nitriles is 1. The molecule has 0 atom stereocenters. The second kappa shape index (κ2) is 8.82. The van der Waals surface area contributed by atoms with Crippen LogP contribution in [-0.4, -0.2) is 0 Å². The molecule has 2 nitrogen and oxygen atoms in total. The van der Waals surface area contributed by atoms with Gasteiger partial charge in [-0.25, -0.2) is 0 Å². The van der Waals surface area contributed by atoms with Gasteiger partial charge < -0.3 is 4.74 Å². The molecule has 1 aliphatic rings. The Hall–Kier alpha value is -4.87. The summed E-state index contributed by atoms with van der Waals surface area (Å²) in [5.74, 6) is 1.64. The van der Waals surface area contributed by atoms with Crippen molar-refractivity contribution in [3.05, 3.63) is 132 Å². The minimum absolute atomic E-state index is 0.656. The number of benzene rings is 5. The Morgan fingerprint density at radius 3 is 1.71 bits per heavy atom. The molecule has 0 fully saturated rings. The Morgan fingerprint density at radius 2 is 1.03 bits per heavy atom. The van der Waals surface area contributed by atoms with Gasteiger partial charge >= 0.3 is 0 Å². The highest BCUT2D eigenvalue weighted by atomic mass is 16.5. The molecule has 0 saturated heterocycles. The molecule has 2 heteroatoms. The molecule has 0 radical (unpaired) electrons. The summed E-state index contributed by atoms with van der Waals surface area (Å²) >= 11 is 0. The zero-order valence-corrected chi connectivity index (χ0v) is 19.0. The van der Waals surface area contributed by atoms with Gasteiger partial charge in [-0.1, -0.05) is 97.1 Å². The Balaban J connectivity index is 1.59. The number of ether oxygens (including phenoxy) is 1. The van der Waals surface area contributed by atoms with Crippen molar-refractivity contribution in [2.24, 2.45) is 0 Å². The Kier molecular flexibility index (Phi) is 5.22. The van der Waals surface area contributed by atoms with Crippen molar-refractivity contribution in [1.82, 2.24) is 0 Å². The largest absolute Gasteiger partial charge is 0.456 e. The fourth-order valence-corrected chi connectivity index (χ4v) is 4.59. The van der Waals surface area contributed by atoms with Gasteiger partial charge in [0.15, 0.2) is 0 Å². The lowest BCUT2D eigenvalue weighted by Crippen LogP contribution is -1.92. The highest BCUT2D eigenvalue weighted by molar-refractivity contribution is 5.90. The standard InChI is InChI=1S/C33H21NO/c34-22-23-13-15-24(16-14-23)27-20-19-26-18-17-25-7-1-2-8-28(25)29-9-3-5-11-32(29)35-33-12-6-4-10-30(33)31(26)21-27/h1-21H. The molecular formula is C33H21NO. The van der Waals surface area contributed by atoms with Crippen molar-refractivity contribution in [2.75, 3.05) is 0 Å². The summed E-state index contributed by atoms with van der Waals surface area (Å²) in [7, 11) is 0. The van der Waals surface area contributed by atoms with Crippen LogP contribution in [0.5, 0.6) is 11.5 Å². The Labute approximate surface area is 205 Å². The van der Waals surface area contributed by atoms with E-state index in [0.717, 1.165) is 56.0 Å². The van der Waals surface area contributed by atoms with Crippen LogP contribution in [0.2, 0.25) is 0 Å². The van der Waals surface area contributed by atoms with Crippen LogP contribution in [0.1, 0.15) is 16.7 Å². The van der Waals surface area contributed by atoms with E-state index in [1.807, 2.05) is 60.7 Å². The molecule has 6 rings (SSSR count). The van der Waals surface area contributed by atoms with Gasteiger partial charge in [-0.2, -0.15) is 5.26 Å². The predicted molar refractivity (Wildman–Crippen MR) is 143 cm³/mol. The van der Waals surface area contributed by atoms with Crippen molar-refractivity contribution in [3.63, 3.8) is 0 Å². The molecule has 0 N–H and O–H groups in total. The van der Waals surface area contributed by atoms with Gasteiger partial charge in [-0.3, -0.25) is 0 Å². The van der Waals surface area contributed by atoms with E-state index in [2.05, 4.69) is 72.8 Å². The third-order valence-electron chi connectivity index (χ3n) is 6.38. The summed E-state index contributed by atoms with van der Waals surface area (Å²) in [6.45, 7) is 0. The molecule has 0 amide bonds. The molecule has 1 aliphatic heterocycles. The number of nitrogens with zero attached hydrogens (tertiary/aromatic N) is 1. The van der Waals surface area contributed by atoms with Gasteiger partial charge in [0, 0.05) is 11.1 Å². The van der Waals surface area contributed by atoms with Crippen LogP contribution in [0, 0.1) is 11.3 Å². The molecule has 164 valence electrons. The van der Waals surface area contributed by atoms with Gasteiger partial charge in [0.1, 0.15) is 11.5 Å². The summed E-state index contributed by atoms with van der Waals surface area (Å²) < 4.78 is 6.60. The maximum Gasteiger partial charge on any atom is 0.135 e. The van der Waals surface area contributed by atoms with E-state index in [9.17, 15) is 0 Å². The SMILES string of the molecule is N#Cc1ccc(-c2ccc3c(c2)-c2ccccc2Oc2ccccc2-c2ccccc2C=C3)cc1. The Bertz CT molecular complexity index is 1620. The first-order valence-corrected chi connectivity index (χ1v) is 11.6. The average Bonchev–Trinajstić information content (AvgIpc) is 2.94. The highest BCUT2D eigenvalue weighted by Gasteiger charge is 2.16. The molecule has 0 bridgehead atoms. The lowest BCUT2D eigenvalue weighted by atomic mass is 9.93. The molecule has 0 aliphatic carbocycles. The number of rotatable bonds is 1. The molecule has 35 heavy (non-hydrogen) atoms. The first kappa shape index (κ1) is 20.7. The highest BCUT2D eigenvalue weighted by Crippen LogP contribution is 2.42. The average molecular weight is 448 g/mol. The van der Waals surface area contributed by atoms with Crippen LogP contribution in [0.25, 0.3) is 45.5 Å². The van der Waals surface area contributed by atoms with Crippen LogP contribution >= 0.6 is 0 Å². The minimum atomic E-state index is 0.656. The van der Waals surface area contributed by atoms with Crippen LogP contribution in [0.15, 0.2) is 115 Å². The van der Waals surface area contributed by atoms with E-state index in [-0.39, 0.29) is 0 Å². The minimum Gasteiger partial charge on any atom is -0.456 e. The quantitative estimate of drug-likeness (QED) is 0.252. The van der Waals surface area contributed by atoms with Gasteiger partial charge in [0.05, 0.1) is 11.6 Å². The van der Waals surface area contributed by atoms with Gasteiger partial charge in [0.25, 0.3) is 0 Å². The van der Waals surface area contributed by atoms with Crippen LogP contribution in [0.3, 0.4) is 0 Å². The molecule has 1 heterocycles. The lowest BCUT2D eigenvalue weighted by molar-refractivity contribution is 0.486. The van der Waals surface area contributed by atoms with E-state index >= 15 is 0 Å². The zero-order valence-electron chi connectivity index (χ0n) is 19.0. The van der Waals surface area contributed by atoms with Crippen LogP contribution in [0.4, 0.5) is 0 Å². The molecule has 0 aromatic heterocycles. The van der Waals surface area contributed by atoms with Crippen LogP contribution < -0.4 is 4.74 Å². The first-order chi connectivity index (χ1) is 17.3. The summed E-state index contributed by atoms with van der Waals surface area (Å²) in [5, 5.41) is 9.16. The van der Waals surface area contributed by atoms with Crippen LogP contribution in [-0.2, 0) is 0 Å². The maximum atomic E-state index is 9.16. The number of hydrogen-bond acceptors (Lipinski definition) is 2. The van der Waals surface area contributed by atoms with Crippen molar-refractivity contribution >= 4 is 12.2 Å². The third kappa shape index (κ3) is 3.90. The van der Waals surface area contributed by atoms with E-state index < -0.39 is 0 Å². The summed E-state index contributed by atoms with van der Waals surface area (Å²) in [6.07, 6.45) is 4.36. The molecule has 0 unspecified atom stereocenters. The van der Waals surface area contributed by atoms with Gasteiger partial charge in [-0.15, -0.1) is 0 Å². The fourth-order valence-electron chi connectivity index (χ4n) is 4.59. The van der Waals surface area contributed by atoms with Crippen molar-refractivity contribution in [2.45, 2.75) is 0 Å². The topological polar surface area (TPSA) is 33.0 Å². The molecule has 0 spiro atoms. The molecule has 5 aromatic carbocycles. The van der Waals surface area contributed by atoms with E-state index in [1.165, 1.54) is 0 Å². The normalized spacial score (nSPS) is 11.5. The smallest absolute Gasteiger partial charge is 0.135 e. The van der Waals surface area contributed by atoms with E-state index in [0.29, 0.717) is 5.56 Å². The monoisotopic (exact) mass is 447 g/mol.